The molecule has 1 rings (SSSR count). The molecule has 0 aromatic rings. The minimum Gasteiger partial charge on any atom is -0.379 e. The quantitative estimate of drug-likeness (QED) is 0.547. The highest BCUT2D eigenvalue weighted by atomic mass is 16.5. The Balaban J connectivity index is 1.94. The predicted octanol–water partition coefficient (Wildman–Crippen LogP) is -1.22. The largest absolute Gasteiger partial charge is 0.379 e. The van der Waals surface area contributed by atoms with Gasteiger partial charge in [0.1, 0.15) is 0 Å². The topological polar surface area (TPSA) is 67.6 Å². The molecule has 1 amide bonds. The van der Waals surface area contributed by atoms with Crippen molar-refractivity contribution in [3.63, 3.8) is 0 Å². The maximum atomic E-state index is 10.8. The molecule has 0 aromatic carbocycles. The van der Waals surface area contributed by atoms with Crippen LogP contribution in [0.15, 0.2) is 0 Å². The highest BCUT2D eigenvalue weighted by Crippen LogP contribution is 1.96. The third kappa shape index (κ3) is 4.55. The van der Waals surface area contributed by atoms with Crippen molar-refractivity contribution in [1.29, 1.82) is 0 Å². The number of nitrogens with one attached hydrogen (secondary N) is 1. The first-order chi connectivity index (χ1) is 6.83. The SMILES string of the molecule is NCC(=O)NCCCN1CCOCC1. The molecule has 0 spiro atoms. The Morgan fingerprint density at radius 2 is 2.14 bits per heavy atom. The average molecular weight is 201 g/mol. The van der Waals surface area contributed by atoms with Crippen molar-refractivity contribution < 1.29 is 9.53 Å². The van der Waals surface area contributed by atoms with E-state index in [1.807, 2.05) is 0 Å². The van der Waals surface area contributed by atoms with Crippen LogP contribution in [-0.4, -0.2) is 56.7 Å². The fourth-order valence-corrected chi connectivity index (χ4v) is 1.43. The van der Waals surface area contributed by atoms with Crippen molar-refractivity contribution in [3.05, 3.63) is 0 Å². The number of hydrogen-bond donors (Lipinski definition) is 2. The molecule has 0 unspecified atom stereocenters. The molecule has 1 saturated heterocycles. The van der Waals surface area contributed by atoms with Gasteiger partial charge < -0.3 is 15.8 Å². The van der Waals surface area contributed by atoms with Crippen LogP contribution in [0.2, 0.25) is 0 Å². The van der Waals surface area contributed by atoms with Gasteiger partial charge >= 0.3 is 0 Å². The van der Waals surface area contributed by atoms with Crippen LogP contribution in [0, 0.1) is 0 Å². The summed E-state index contributed by atoms with van der Waals surface area (Å²) in [7, 11) is 0. The third-order valence-corrected chi connectivity index (χ3v) is 2.26. The monoisotopic (exact) mass is 201 g/mol. The van der Waals surface area contributed by atoms with Gasteiger partial charge in [0.25, 0.3) is 0 Å². The van der Waals surface area contributed by atoms with E-state index in [-0.39, 0.29) is 12.5 Å². The molecule has 0 atom stereocenters. The van der Waals surface area contributed by atoms with E-state index in [9.17, 15) is 4.79 Å². The van der Waals surface area contributed by atoms with Crippen molar-refractivity contribution in [2.24, 2.45) is 5.73 Å². The first-order valence-corrected chi connectivity index (χ1v) is 5.10. The molecular weight excluding hydrogens is 182 g/mol. The molecule has 0 aliphatic carbocycles. The molecule has 0 bridgehead atoms. The number of carbonyl (C=O) groups is 1. The van der Waals surface area contributed by atoms with Gasteiger partial charge in [-0.3, -0.25) is 9.69 Å². The minimum atomic E-state index is -0.0769. The molecule has 0 saturated carbocycles. The van der Waals surface area contributed by atoms with Gasteiger partial charge in [-0.2, -0.15) is 0 Å². The summed E-state index contributed by atoms with van der Waals surface area (Å²) in [5.74, 6) is -0.0769. The summed E-state index contributed by atoms with van der Waals surface area (Å²) in [6.07, 6.45) is 0.978. The molecular formula is C9H19N3O2. The summed E-state index contributed by atoms with van der Waals surface area (Å²) >= 11 is 0. The Hall–Kier alpha value is -0.650. The zero-order chi connectivity index (χ0) is 10.2. The van der Waals surface area contributed by atoms with Gasteiger partial charge in [-0.25, -0.2) is 0 Å². The van der Waals surface area contributed by atoms with Gasteiger partial charge in [-0.1, -0.05) is 0 Å². The summed E-state index contributed by atoms with van der Waals surface area (Å²) in [5.41, 5.74) is 5.16. The molecule has 14 heavy (non-hydrogen) atoms. The molecule has 1 fully saturated rings. The van der Waals surface area contributed by atoms with Gasteiger partial charge in [-0.15, -0.1) is 0 Å². The fraction of sp³-hybridized carbons (Fsp3) is 0.889. The van der Waals surface area contributed by atoms with Gasteiger partial charge in [0, 0.05) is 19.6 Å². The average Bonchev–Trinajstić information content (AvgIpc) is 2.25. The normalized spacial score (nSPS) is 18.1. The van der Waals surface area contributed by atoms with Crippen molar-refractivity contribution >= 4 is 5.91 Å². The zero-order valence-corrected chi connectivity index (χ0v) is 8.50. The highest BCUT2D eigenvalue weighted by Gasteiger charge is 2.09. The van der Waals surface area contributed by atoms with Crippen LogP contribution in [0.3, 0.4) is 0 Å². The van der Waals surface area contributed by atoms with Crippen LogP contribution >= 0.6 is 0 Å². The fourth-order valence-electron chi connectivity index (χ4n) is 1.43. The second-order valence-electron chi connectivity index (χ2n) is 3.36. The molecule has 0 radical (unpaired) electrons. The molecule has 5 heteroatoms. The maximum Gasteiger partial charge on any atom is 0.233 e. The number of morpholine rings is 1. The van der Waals surface area contributed by atoms with Gasteiger partial charge in [0.2, 0.25) is 5.91 Å². The molecule has 0 aromatic heterocycles. The van der Waals surface area contributed by atoms with Crippen molar-refractivity contribution in [2.75, 3.05) is 45.9 Å². The second kappa shape index (κ2) is 6.75. The number of ether oxygens (including phenoxy) is 1. The Morgan fingerprint density at radius 1 is 1.43 bits per heavy atom. The first kappa shape index (κ1) is 11.4. The van der Waals surface area contributed by atoms with Gasteiger partial charge in [-0.05, 0) is 13.0 Å². The van der Waals surface area contributed by atoms with E-state index >= 15 is 0 Å². The van der Waals surface area contributed by atoms with Crippen molar-refractivity contribution in [2.45, 2.75) is 6.42 Å². The predicted molar refractivity (Wildman–Crippen MR) is 53.9 cm³/mol. The lowest BCUT2D eigenvalue weighted by atomic mass is 10.3. The van der Waals surface area contributed by atoms with E-state index in [1.165, 1.54) is 0 Å². The zero-order valence-electron chi connectivity index (χ0n) is 8.50. The van der Waals surface area contributed by atoms with Crippen LogP contribution in [0.5, 0.6) is 0 Å². The lowest BCUT2D eigenvalue weighted by molar-refractivity contribution is -0.119. The van der Waals surface area contributed by atoms with Crippen LogP contribution in [0.1, 0.15) is 6.42 Å². The standard InChI is InChI=1S/C9H19N3O2/c10-8-9(13)11-2-1-3-12-4-6-14-7-5-12/h1-8,10H2,(H,11,13). The van der Waals surface area contributed by atoms with Crippen LogP contribution in [0.4, 0.5) is 0 Å². The van der Waals surface area contributed by atoms with Gasteiger partial charge in [0.05, 0.1) is 19.8 Å². The Kier molecular flexibility index (Phi) is 5.51. The third-order valence-electron chi connectivity index (χ3n) is 2.26. The Labute approximate surface area is 84.6 Å². The van der Waals surface area contributed by atoms with E-state index in [1.54, 1.807) is 0 Å². The van der Waals surface area contributed by atoms with Crippen LogP contribution < -0.4 is 11.1 Å². The number of hydrogen-bond acceptors (Lipinski definition) is 4. The summed E-state index contributed by atoms with van der Waals surface area (Å²) in [6, 6.07) is 0. The smallest absolute Gasteiger partial charge is 0.233 e. The number of rotatable bonds is 5. The first-order valence-electron chi connectivity index (χ1n) is 5.10. The summed E-state index contributed by atoms with van der Waals surface area (Å²) in [4.78, 5) is 13.1. The molecule has 82 valence electrons. The summed E-state index contributed by atoms with van der Waals surface area (Å²) < 4.78 is 5.23. The molecule has 5 nitrogen and oxygen atoms in total. The summed E-state index contributed by atoms with van der Waals surface area (Å²) in [5, 5.41) is 2.75. The maximum absolute atomic E-state index is 10.8. The lowest BCUT2D eigenvalue weighted by Crippen LogP contribution is -2.38. The van der Waals surface area contributed by atoms with Crippen molar-refractivity contribution in [3.8, 4) is 0 Å². The van der Waals surface area contributed by atoms with Gasteiger partial charge in [0.15, 0.2) is 0 Å². The summed E-state index contributed by atoms with van der Waals surface area (Å²) in [6.45, 7) is 5.49. The minimum absolute atomic E-state index is 0.0769. The van der Waals surface area contributed by atoms with E-state index in [0.29, 0.717) is 6.54 Å². The number of carbonyl (C=O) groups excluding carboxylic acids is 1. The second-order valence-corrected chi connectivity index (χ2v) is 3.36. The highest BCUT2D eigenvalue weighted by molar-refractivity contribution is 5.77. The van der Waals surface area contributed by atoms with Crippen LogP contribution in [0.25, 0.3) is 0 Å². The number of nitrogens with zero attached hydrogens (tertiary/aromatic N) is 1. The van der Waals surface area contributed by atoms with Crippen LogP contribution in [-0.2, 0) is 9.53 Å². The lowest BCUT2D eigenvalue weighted by Gasteiger charge is -2.26. The molecule has 1 heterocycles. The van der Waals surface area contributed by atoms with E-state index < -0.39 is 0 Å². The Morgan fingerprint density at radius 3 is 2.79 bits per heavy atom. The van der Waals surface area contributed by atoms with E-state index in [4.69, 9.17) is 10.5 Å². The Bertz CT molecular complexity index is 169. The van der Waals surface area contributed by atoms with E-state index in [2.05, 4.69) is 10.2 Å². The number of nitrogens with two attached hydrogens (primary N) is 1. The number of amides is 1. The molecule has 1 aliphatic heterocycles. The van der Waals surface area contributed by atoms with E-state index in [0.717, 1.165) is 39.3 Å². The van der Waals surface area contributed by atoms with Crippen molar-refractivity contribution in [1.82, 2.24) is 10.2 Å². The molecule has 1 aliphatic rings. The molecule has 3 N–H and O–H groups in total.